The normalized spacial score (nSPS) is 16.5. The fourth-order valence-corrected chi connectivity index (χ4v) is 2.96. The molecule has 2 heterocycles. The van der Waals surface area contributed by atoms with Crippen molar-refractivity contribution in [1.82, 2.24) is 9.59 Å². The van der Waals surface area contributed by atoms with Gasteiger partial charge in [-0.05, 0) is 29.2 Å². The van der Waals surface area contributed by atoms with Crippen LogP contribution in [0.3, 0.4) is 0 Å². The second-order valence-corrected chi connectivity index (χ2v) is 5.83. The molecule has 0 N–H and O–H groups in total. The molecule has 0 bridgehead atoms. The Morgan fingerprint density at radius 3 is 2.68 bits per heavy atom. The summed E-state index contributed by atoms with van der Waals surface area (Å²) in [5, 5.41) is 4.32. The van der Waals surface area contributed by atoms with Crippen LogP contribution < -0.4 is 4.74 Å². The molecule has 110 valence electrons. The topological polar surface area (TPSA) is 47.5 Å². The summed E-state index contributed by atoms with van der Waals surface area (Å²) in [5.41, 5.74) is 2.95. The van der Waals surface area contributed by atoms with Gasteiger partial charge in [0.25, 0.3) is 0 Å². The highest BCUT2D eigenvalue weighted by Crippen LogP contribution is 2.37. The van der Waals surface area contributed by atoms with E-state index in [-0.39, 0.29) is 6.10 Å². The Morgan fingerprint density at radius 2 is 1.86 bits per heavy atom. The quantitative estimate of drug-likeness (QED) is 0.675. The molecule has 1 fully saturated rings. The maximum Gasteiger partial charge on any atom is 0.128 e. The minimum atomic E-state index is 0.232. The predicted octanol–water partition coefficient (Wildman–Crippen LogP) is 3.65. The fourth-order valence-electron chi connectivity index (χ4n) is 2.28. The number of hydrogen-bond donors (Lipinski definition) is 0. The number of nitrogens with zero attached hydrogens (tertiary/aromatic N) is 2. The predicted molar refractivity (Wildman–Crippen MR) is 86.0 cm³/mol. The summed E-state index contributed by atoms with van der Waals surface area (Å²) in [6.45, 7) is 1.37. The van der Waals surface area contributed by atoms with Gasteiger partial charge in [0, 0.05) is 5.56 Å². The van der Waals surface area contributed by atoms with Crippen LogP contribution in [0.4, 0.5) is 0 Å². The Labute approximate surface area is 132 Å². The van der Waals surface area contributed by atoms with E-state index in [4.69, 9.17) is 9.47 Å². The summed E-state index contributed by atoms with van der Waals surface area (Å²) in [4.78, 5) is 1.05. The number of para-hydroxylation sites is 1. The van der Waals surface area contributed by atoms with Gasteiger partial charge < -0.3 is 9.47 Å². The molecule has 22 heavy (non-hydrogen) atoms. The number of ether oxygens (including phenoxy) is 2. The van der Waals surface area contributed by atoms with Crippen LogP contribution in [0.5, 0.6) is 5.75 Å². The lowest BCUT2D eigenvalue weighted by molar-refractivity contribution is 0.264. The van der Waals surface area contributed by atoms with Crippen LogP contribution in [0.25, 0.3) is 21.7 Å². The first-order chi connectivity index (χ1) is 10.9. The highest BCUT2D eigenvalue weighted by molar-refractivity contribution is 7.09. The highest BCUT2D eigenvalue weighted by Gasteiger charge is 2.24. The molecule has 0 spiro atoms. The molecule has 1 unspecified atom stereocenters. The van der Waals surface area contributed by atoms with Gasteiger partial charge in [0.05, 0.1) is 11.5 Å². The zero-order valence-corrected chi connectivity index (χ0v) is 12.6. The third-order valence-electron chi connectivity index (χ3n) is 3.49. The van der Waals surface area contributed by atoms with Crippen molar-refractivity contribution in [2.75, 3.05) is 13.2 Å². The van der Waals surface area contributed by atoms with Crippen LogP contribution in [0.1, 0.15) is 0 Å². The highest BCUT2D eigenvalue weighted by atomic mass is 32.1. The first-order valence-electron chi connectivity index (χ1n) is 7.13. The second-order valence-electron chi connectivity index (χ2n) is 5.08. The zero-order valence-electron chi connectivity index (χ0n) is 11.8. The largest absolute Gasteiger partial charge is 0.490 e. The van der Waals surface area contributed by atoms with Crippen molar-refractivity contribution in [3.05, 3.63) is 54.6 Å². The molecule has 1 aromatic heterocycles. The van der Waals surface area contributed by atoms with Crippen LogP contribution in [0, 0.1) is 0 Å². The molecule has 2 aromatic carbocycles. The van der Waals surface area contributed by atoms with E-state index in [1.165, 1.54) is 11.5 Å². The van der Waals surface area contributed by atoms with Crippen LogP contribution >= 0.6 is 11.5 Å². The molecule has 1 aliphatic heterocycles. The number of rotatable bonds is 5. The zero-order chi connectivity index (χ0) is 14.8. The number of benzene rings is 2. The maximum atomic E-state index is 5.89. The molecule has 1 atom stereocenters. The average Bonchev–Trinajstić information content (AvgIpc) is 3.28. The van der Waals surface area contributed by atoms with Crippen LogP contribution in [0.15, 0.2) is 54.6 Å². The van der Waals surface area contributed by atoms with Gasteiger partial charge in [-0.1, -0.05) is 47.0 Å². The van der Waals surface area contributed by atoms with Gasteiger partial charge in [-0.15, -0.1) is 5.10 Å². The molecule has 0 amide bonds. The van der Waals surface area contributed by atoms with E-state index in [0.717, 1.165) is 34.1 Å². The van der Waals surface area contributed by atoms with Crippen LogP contribution in [0.2, 0.25) is 0 Å². The molecule has 3 aromatic rings. The van der Waals surface area contributed by atoms with Crippen molar-refractivity contribution in [3.63, 3.8) is 0 Å². The first kappa shape index (κ1) is 13.4. The van der Waals surface area contributed by atoms with Crippen LogP contribution in [-0.4, -0.2) is 28.9 Å². The van der Waals surface area contributed by atoms with Gasteiger partial charge in [-0.25, -0.2) is 0 Å². The van der Waals surface area contributed by atoms with Crippen molar-refractivity contribution in [2.24, 2.45) is 0 Å². The van der Waals surface area contributed by atoms with E-state index >= 15 is 0 Å². The third kappa shape index (κ3) is 2.73. The lowest BCUT2D eigenvalue weighted by Crippen LogP contribution is -2.05. The molecule has 0 aliphatic carbocycles. The minimum Gasteiger partial charge on any atom is -0.490 e. The fraction of sp³-hybridized carbons (Fsp3) is 0.176. The smallest absolute Gasteiger partial charge is 0.128 e. The Hall–Kier alpha value is -2.24. The maximum absolute atomic E-state index is 5.89. The van der Waals surface area contributed by atoms with Crippen molar-refractivity contribution in [3.8, 4) is 27.4 Å². The first-order valence-corrected chi connectivity index (χ1v) is 7.91. The monoisotopic (exact) mass is 310 g/mol. The van der Waals surface area contributed by atoms with Crippen LogP contribution in [-0.2, 0) is 4.74 Å². The Kier molecular flexibility index (Phi) is 3.58. The SMILES string of the molecule is c1ccc(-c2snnc2-c2ccccc2OCC2CO2)cc1. The van der Waals surface area contributed by atoms with Gasteiger partial charge in [-0.3, -0.25) is 0 Å². The van der Waals surface area contributed by atoms with Gasteiger partial charge in [-0.2, -0.15) is 0 Å². The van der Waals surface area contributed by atoms with Gasteiger partial charge >= 0.3 is 0 Å². The molecule has 4 nitrogen and oxygen atoms in total. The van der Waals surface area contributed by atoms with E-state index in [1.807, 2.05) is 42.5 Å². The summed E-state index contributed by atoms with van der Waals surface area (Å²) in [6.07, 6.45) is 0.232. The van der Waals surface area contributed by atoms with E-state index in [1.54, 1.807) is 0 Å². The van der Waals surface area contributed by atoms with Gasteiger partial charge in [0.2, 0.25) is 0 Å². The number of hydrogen-bond acceptors (Lipinski definition) is 5. The average molecular weight is 310 g/mol. The summed E-state index contributed by atoms with van der Waals surface area (Å²) in [5.74, 6) is 0.822. The van der Waals surface area contributed by atoms with E-state index < -0.39 is 0 Å². The van der Waals surface area contributed by atoms with Crippen molar-refractivity contribution < 1.29 is 9.47 Å². The molecule has 4 rings (SSSR count). The standard InChI is InChI=1S/C17H14N2O2S/c1-2-6-12(7-3-1)17-16(18-19-22-17)14-8-4-5-9-15(14)21-11-13-10-20-13/h1-9,13H,10-11H2. The summed E-state index contributed by atoms with van der Waals surface area (Å²) in [6, 6.07) is 18.1. The van der Waals surface area contributed by atoms with Gasteiger partial charge in [0.1, 0.15) is 24.2 Å². The molecule has 1 saturated heterocycles. The number of aromatic nitrogens is 2. The summed E-state index contributed by atoms with van der Waals surface area (Å²) in [7, 11) is 0. The Bertz CT molecular complexity index is 769. The summed E-state index contributed by atoms with van der Waals surface area (Å²) < 4.78 is 15.2. The van der Waals surface area contributed by atoms with Crippen molar-refractivity contribution in [1.29, 1.82) is 0 Å². The molecule has 5 heteroatoms. The molecular formula is C17H14N2O2S. The molecular weight excluding hydrogens is 296 g/mol. The third-order valence-corrected chi connectivity index (χ3v) is 4.27. The van der Waals surface area contributed by atoms with Gasteiger partial charge in [0.15, 0.2) is 0 Å². The number of epoxide rings is 1. The van der Waals surface area contributed by atoms with E-state index in [9.17, 15) is 0 Å². The second kappa shape index (κ2) is 5.87. The van der Waals surface area contributed by atoms with E-state index in [2.05, 4.69) is 21.7 Å². The minimum absolute atomic E-state index is 0.232. The Balaban J connectivity index is 1.72. The van der Waals surface area contributed by atoms with Crippen molar-refractivity contribution in [2.45, 2.75) is 6.10 Å². The summed E-state index contributed by atoms with van der Waals surface area (Å²) >= 11 is 1.40. The molecule has 1 aliphatic rings. The lowest BCUT2D eigenvalue weighted by Gasteiger charge is -2.10. The lowest BCUT2D eigenvalue weighted by atomic mass is 10.1. The van der Waals surface area contributed by atoms with Crippen molar-refractivity contribution >= 4 is 11.5 Å². The van der Waals surface area contributed by atoms with E-state index in [0.29, 0.717) is 6.61 Å². The Morgan fingerprint density at radius 1 is 1.09 bits per heavy atom. The molecule has 0 saturated carbocycles. The molecule has 0 radical (unpaired) electrons.